The third-order valence-corrected chi connectivity index (χ3v) is 4.44. The molecule has 0 unspecified atom stereocenters. The van der Waals surface area contributed by atoms with Crippen LogP contribution in [0.15, 0.2) is 40.1 Å². The first-order valence-electron chi connectivity index (χ1n) is 5.78. The van der Waals surface area contributed by atoms with Gasteiger partial charge in [-0.15, -0.1) is 0 Å². The highest BCUT2D eigenvalue weighted by Gasteiger charge is 2.17. The van der Waals surface area contributed by atoms with Gasteiger partial charge >= 0.3 is 0 Å². The van der Waals surface area contributed by atoms with Gasteiger partial charge in [-0.05, 0) is 36.6 Å². The third kappa shape index (κ3) is 3.32. The molecular weight excluding hydrogens is 320 g/mol. The summed E-state index contributed by atoms with van der Waals surface area (Å²) in [5.74, 6) is 0.185. The van der Waals surface area contributed by atoms with E-state index in [1.807, 2.05) is 0 Å². The molecule has 0 aliphatic carbocycles. The molecule has 0 atom stereocenters. The van der Waals surface area contributed by atoms with Crippen molar-refractivity contribution in [3.63, 3.8) is 0 Å². The number of hydrogen-bond acceptors (Lipinski definition) is 5. The Hall–Kier alpha value is -1.68. The van der Waals surface area contributed by atoms with Gasteiger partial charge in [-0.25, -0.2) is 0 Å². The largest absolute Gasteiger partial charge is 0.493 e. The van der Waals surface area contributed by atoms with Gasteiger partial charge < -0.3 is 4.74 Å². The summed E-state index contributed by atoms with van der Waals surface area (Å²) in [6, 6.07) is 5.91. The van der Waals surface area contributed by atoms with Crippen LogP contribution in [-0.4, -0.2) is 32.5 Å². The van der Waals surface area contributed by atoms with E-state index in [0.717, 1.165) is 18.2 Å². The van der Waals surface area contributed by atoms with Gasteiger partial charge in [0, 0.05) is 11.5 Å². The zero-order valence-corrected chi connectivity index (χ0v) is 12.5. The van der Waals surface area contributed by atoms with E-state index in [1.165, 1.54) is 12.1 Å². The first kappa shape index (κ1) is 15.7. The fourth-order valence-electron chi connectivity index (χ4n) is 1.87. The minimum absolute atomic E-state index is 0.185. The topological polar surface area (TPSA) is 118 Å². The third-order valence-electron chi connectivity index (χ3n) is 2.76. The number of rotatable bonds is 4. The number of benzene rings is 2. The molecular formula is C12H12O7S2. The van der Waals surface area contributed by atoms with Gasteiger partial charge in [0.2, 0.25) is 0 Å². The molecule has 9 heteroatoms. The van der Waals surface area contributed by atoms with Crippen molar-refractivity contribution >= 4 is 31.0 Å². The van der Waals surface area contributed by atoms with E-state index in [1.54, 1.807) is 6.92 Å². The van der Waals surface area contributed by atoms with Gasteiger partial charge in [0.1, 0.15) is 5.75 Å². The molecule has 0 aromatic heterocycles. The second-order valence-electron chi connectivity index (χ2n) is 4.19. The molecule has 0 saturated carbocycles. The zero-order valence-electron chi connectivity index (χ0n) is 10.8. The van der Waals surface area contributed by atoms with Gasteiger partial charge in [-0.2, -0.15) is 16.8 Å². The number of fused-ring (bicyclic) bond motifs is 1. The standard InChI is InChI=1S/C12H12O7S2/c1-2-19-12-7-10(21(16,17)18)6-8-5-9(20(13,14)15)3-4-11(8)12/h3-7H,2H2,1H3,(H,13,14,15)(H,16,17,18). The Morgan fingerprint density at radius 3 is 2.05 bits per heavy atom. The fourth-order valence-corrected chi connectivity index (χ4v) is 2.92. The van der Waals surface area contributed by atoms with Crippen LogP contribution >= 0.6 is 0 Å². The minimum atomic E-state index is -4.48. The van der Waals surface area contributed by atoms with Crippen LogP contribution in [0, 0.1) is 0 Å². The first-order chi connectivity index (χ1) is 9.63. The van der Waals surface area contributed by atoms with Gasteiger partial charge in [0.25, 0.3) is 20.2 Å². The fraction of sp³-hybridized carbons (Fsp3) is 0.167. The Bertz CT molecular complexity index is 893. The van der Waals surface area contributed by atoms with Crippen LogP contribution in [0.1, 0.15) is 6.92 Å². The highest BCUT2D eigenvalue weighted by Crippen LogP contribution is 2.31. The van der Waals surface area contributed by atoms with Crippen LogP contribution in [0.3, 0.4) is 0 Å². The normalized spacial score (nSPS) is 12.5. The van der Waals surface area contributed by atoms with Crippen LogP contribution in [0.5, 0.6) is 5.75 Å². The second kappa shape index (κ2) is 5.26. The summed E-state index contributed by atoms with van der Waals surface area (Å²) in [6.07, 6.45) is 0. The quantitative estimate of drug-likeness (QED) is 0.818. The predicted molar refractivity (Wildman–Crippen MR) is 74.7 cm³/mol. The first-order valence-corrected chi connectivity index (χ1v) is 8.66. The SMILES string of the molecule is CCOc1cc(S(=O)(=O)O)cc2cc(S(=O)(=O)O)ccc12. The Morgan fingerprint density at radius 2 is 1.52 bits per heavy atom. The molecule has 2 aromatic rings. The highest BCUT2D eigenvalue weighted by molar-refractivity contribution is 7.86. The predicted octanol–water partition coefficient (Wildman–Crippen LogP) is 1.73. The van der Waals surface area contributed by atoms with Crippen LogP contribution in [-0.2, 0) is 20.2 Å². The van der Waals surface area contributed by atoms with Gasteiger partial charge in [0.05, 0.1) is 16.4 Å². The Balaban J connectivity index is 2.83. The molecule has 2 N–H and O–H groups in total. The van der Waals surface area contributed by atoms with E-state index in [4.69, 9.17) is 13.8 Å². The summed E-state index contributed by atoms with van der Waals surface area (Å²) in [6.45, 7) is 1.95. The van der Waals surface area contributed by atoms with Crippen LogP contribution in [0.4, 0.5) is 0 Å². The molecule has 0 saturated heterocycles. The van der Waals surface area contributed by atoms with Gasteiger partial charge in [-0.1, -0.05) is 0 Å². The molecule has 2 aromatic carbocycles. The molecule has 0 radical (unpaired) electrons. The maximum Gasteiger partial charge on any atom is 0.294 e. The monoisotopic (exact) mass is 332 g/mol. The maximum atomic E-state index is 11.2. The van der Waals surface area contributed by atoms with Crippen molar-refractivity contribution in [3.8, 4) is 5.75 Å². The average Bonchev–Trinajstić information content (AvgIpc) is 2.36. The average molecular weight is 332 g/mol. The van der Waals surface area contributed by atoms with E-state index in [9.17, 15) is 16.8 Å². The molecule has 21 heavy (non-hydrogen) atoms. The van der Waals surface area contributed by atoms with Crippen molar-refractivity contribution in [2.45, 2.75) is 16.7 Å². The number of ether oxygens (including phenoxy) is 1. The molecule has 0 aliphatic heterocycles. The zero-order chi connectivity index (χ0) is 15.8. The molecule has 0 aliphatic rings. The van der Waals surface area contributed by atoms with Gasteiger partial charge in [-0.3, -0.25) is 9.11 Å². The van der Waals surface area contributed by atoms with E-state index >= 15 is 0 Å². The van der Waals surface area contributed by atoms with Crippen molar-refractivity contribution in [1.82, 2.24) is 0 Å². The molecule has 0 bridgehead atoms. The lowest BCUT2D eigenvalue weighted by atomic mass is 10.1. The molecule has 0 heterocycles. The van der Waals surface area contributed by atoms with E-state index < -0.39 is 25.1 Å². The molecule has 0 spiro atoms. The van der Waals surface area contributed by atoms with E-state index in [2.05, 4.69) is 0 Å². The van der Waals surface area contributed by atoms with Crippen molar-refractivity contribution in [2.75, 3.05) is 6.61 Å². The summed E-state index contributed by atoms with van der Waals surface area (Å²) < 4.78 is 68.2. The second-order valence-corrected chi connectivity index (χ2v) is 7.03. The van der Waals surface area contributed by atoms with Crippen molar-refractivity contribution in [1.29, 1.82) is 0 Å². The van der Waals surface area contributed by atoms with Crippen LogP contribution in [0.25, 0.3) is 10.8 Å². The lowest BCUT2D eigenvalue weighted by Gasteiger charge is -2.10. The van der Waals surface area contributed by atoms with E-state index in [0.29, 0.717) is 5.39 Å². The van der Waals surface area contributed by atoms with Crippen molar-refractivity contribution < 1.29 is 30.7 Å². The minimum Gasteiger partial charge on any atom is -0.493 e. The van der Waals surface area contributed by atoms with Crippen LogP contribution in [0.2, 0.25) is 0 Å². The Morgan fingerprint density at radius 1 is 0.952 bits per heavy atom. The lowest BCUT2D eigenvalue weighted by molar-refractivity contribution is 0.343. The summed E-state index contributed by atoms with van der Waals surface area (Å²) in [7, 11) is -8.90. The maximum absolute atomic E-state index is 11.2. The molecule has 7 nitrogen and oxygen atoms in total. The smallest absolute Gasteiger partial charge is 0.294 e. The molecule has 0 fully saturated rings. The highest BCUT2D eigenvalue weighted by atomic mass is 32.2. The van der Waals surface area contributed by atoms with E-state index in [-0.39, 0.29) is 22.6 Å². The Labute approximate surface area is 121 Å². The van der Waals surface area contributed by atoms with Crippen molar-refractivity contribution in [3.05, 3.63) is 30.3 Å². The lowest BCUT2D eigenvalue weighted by Crippen LogP contribution is -2.02. The summed E-state index contributed by atoms with van der Waals surface area (Å²) in [5.41, 5.74) is 0. The summed E-state index contributed by atoms with van der Waals surface area (Å²) in [5, 5.41) is 0.653. The Kier molecular flexibility index (Phi) is 3.93. The van der Waals surface area contributed by atoms with Crippen LogP contribution < -0.4 is 4.74 Å². The number of hydrogen-bond donors (Lipinski definition) is 2. The van der Waals surface area contributed by atoms with Gasteiger partial charge in [0.15, 0.2) is 0 Å². The molecule has 0 amide bonds. The summed E-state index contributed by atoms with van der Waals surface area (Å²) in [4.78, 5) is -0.809. The summed E-state index contributed by atoms with van der Waals surface area (Å²) >= 11 is 0. The molecule has 114 valence electrons. The molecule has 2 rings (SSSR count). The van der Waals surface area contributed by atoms with Crippen molar-refractivity contribution in [2.24, 2.45) is 0 Å².